The molecule has 9 heteroatoms. The van der Waals surface area contributed by atoms with Crippen molar-refractivity contribution in [3.05, 3.63) is 80.9 Å². The zero-order chi connectivity index (χ0) is 18.7. The maximum absolute atomic E-state index is 13.1. The van der Waals surface area contributed by atoms with Crippen LogP contribution in [0.4, 0.5) is 15.8 Å². The average molecular weight is 374 g/mol. The molecule has 7 nitrogen and oxygen atoms in total. The predicted octanol–water partition coefficient (Wildman–Crippen LogP) is 4.33. The van der Waals surface area contributed by atoms with Gasteiger partial charge in [-0.25, -0.2) is 9.07 Å². The molecular formula is C17H13ClFN5O2. The molecule has 0 fully saturated rings. The first kappa shape index (κ1) is 17.6. The molecule has 0 atom stereocenters. The lowest BCUT2D eigenvalue weighted by atomic mass is 10.3. The standard InChI is InChI=1S/C17H13ClFN5O2/c1-11-16(10-20-21-13-3-2-4-15(9-13)24(25)26)17(18)23(22-11)14-7-5-12(19)6-8-14/h2-10,21H,1H3/b20-10+. The molecule has 1 heterocycles. The Bertz CT molecular complexity index is 985. The lowest BCUT2D eigenvalue weighted by Crippen LogP contribution is -1.97. The van der Waals surface area contributed by atoms with Crippen molar-refractivity contribution < 1.29 is 9.31 Å². The van der Waals surface area contributed by atoms with Gasteiger partial charge in [0.25, 0.3) is 5.69 Å². The van der Waals surface area contributed by atoms with Crippen LogP contribution >= 0.6 is 11.6 Å². The van der Waals surface area contributed by atoms with E-state index in [-0.39, 0.29) is 11.5 Å². The Morgan fingerprint density at radius 2 is 2.04 bits per heavy atom. The average Bonchev–Trinajstić information content (AvgIpc) is 2.91. The third-order valence-electron chi connectivity index (χ3n) is 3.56. The third kappa shape index (κ3) is 3.70. The number of hydrogen-bond donors (Lipinski definition) is 1. The summed E-state index contributed by atoms with van der Waals surface area (Å²) in [5.41, 5.74) is 4.97. The van der Waals surface area contributed by atoms with Crippen molar-refractivity contribution in [2.24, 2.45) is 5.10 Å². The Hall–Kier alpha value is -3.26. The fourth-order valence-corrected chi connectivity index (χ4v) is 2.59. The Kier molecular flexibility index (Phi) is 4.94. The van der Waals surface area contributed by atoms with Crippen LogP contribution in [0.15, 0.2) is 53.6 Å². The summed E-state index contributed by atoms with van der Waals surface area (Å²) >= 11 is 6.35. The van der Waals surface area contributed by atoms with Gasteiger partial charge in [-0.05, 0) is 37.3 Å². The summed E-state index contributed by atoms with van der Waals surface area (Å²) in [6.07, 6.45) is 1.48. The third-order valence-corrected chi connectivity index (χ3v) is 3.93. The Morgan fingerprint density at radius 3 is 2.73 bits per heavy atom. The second kappa shape index (κ2) is 7.32. The van der Waals surface area contributed by atoms with Crippen molar-refractivity contribution in [2.45, 2.75) is 6.92 Å². The fourth-order valence-electron chi connectivity index (χ4n) is 2.27. The first-order valence-electron chi connectivity index (χ1n) is 7.50. The number of hydrogen-bond acceptors (Lipinski definition) is 5. The van der Waals surface area contributed by atoms with Crippen LogP contribution in [0.3, 0.4) is 0 Å². The van der Waals surface area contributed by atoms with Gasteiger partial charge in [0.05, 0.1) is 33.8 Å². The molecule has 2 aromatic carbocycles. The normalized spacial score (nSPS) is 11.0. The molecule has 1 N–H and O–H groups in total. The second-order valence-electron chi connectivity index (χ2n) is 5.36. The molecule has 0 saturated carbocycles. The Morgan fingerprint density at radius 1 is 1.31 bits per heavy atom. The summed E-state index contributed by atoms with van der Waals surface area (Å²) in [6.45, 7) is 1.76. The zero-order valence-corrected chi connectivity index (χ0v) is 14.3. The Labute approximate surface area is 152 Å². The summed E-state index contributed by atoms with van der Waals surface area (Å²) in [4.78, 5) is 10.3. The van der Waals surface area contributed by atoms with Gasteiger partial charge in [0, 0.05) is 12.1 Å². The van der Waals surface area contributed by atoms with Gasteiger partial charge in [-0.1, -0.05) is 17.7 Å². The maximum atomic E-state index is 13.1. The summed E-state index contributed by atoms with van der Waals surface area (Å²) in [7, 11) is 0. The van der Waals surface area contributed by atoms with Crippen molar-refractivity contribution in [2.75, 3.05) is 5.43 Å². The van der Waals surface area contributed by atoms with Gasteiger partial charge >= 0.3 is 0 Å². The minimum absolute atomic E-state index is 0.0384. The van der Waals surface area contributed by atoms with Gasteiger partial charge in [-0.3, -0.25) is 15.5 Å². The van der Waals surface area contributed by atoms with Crippen LogP contribution in [0.25, 0.3) is 5.69 Å². The minimum atomic E-state index is -0.483. The number of rotatable bonds is 5. The van der Waals surface area contributed by atoms with Crippen LogP contribution in [0.2, 0.25) is 5.15 Å². The van der Waals surface area contributed by atoms with Gasteiger partial charge in [0.15, 0.2) is 0 Å². The highest BCUT2D eigenvalue weighted by Crippen LogP contribution is 2.22. The number of hydrazone groups is 1. The lowest BCUT2D eigenvalue weighted by molar-refractivity contribution is -0.384. The highest BCUT2D eigenvalue weighted by atomic mass is 35.5. The van der Waals surface area contributed by atoms with Crippen LogP contribution in [0, 0.1) is 22.9 Å². The van der Waals surface area contributed by atoms with E-state index in [0.29, 0.717) is 27.8 Å². The maximum Gasteiger partial charge on any atom is 0.271 e. The molecule has 0 aliphatic carbocycles. The van der Waals surface area contributed by atoms with Gasteiger partial charge in [-0.2, -0.15) is 10.2 Å². The molecule has 0 aliphatic heterocycles. The fraction of sp³-hybridized carbons (Fsp3) is 0.0588. The minimum Gasteiger partial charge on any atom is -0.278 e. The van der Waals surface area contributed by atoms with E-state index in [2.05, 4.69) is 15.6 Å². The van der Waals surface area contributed by atoms with Crippen LogP contribution in [-0.2, 0) is 0 Å². The molecule has 1 aromatic heterocycles. The highest BCUT2D eigenvalue weighted by Gasteiger charge is 2.13. The number of aromatic nitrogens is 2. The van der Waals surface area contributed by atoms with E-state index >= 15 is 0 Å². The van der Waals surface area contributed by atoms with E-state index in [1.807, 2.05) is 0 Å². The smallest absolute Gasteiger partial charge is 0.271 e. The quantitative estimate of drug-likeness (QED) is 0.410. The van der Waals surface area contributed by atoms with Crippen molar-refractivity contribution in [3.63, 3.8) is 0 Å². The van der Waals surface area contributed by atoms with E-state index in [1.165, 1.54) is 35.2 Å². The molecule has 3 aromatic rings. The van der Waals surface area contributed by atoms with E-state index in [4.69, 9.17) is 11.6 Å². The molecule has 0 amide bonds. The first-order chi connectivity index (χ1) is 12.5. The summed E-state index contributed by atoms with van der Waals surface area (Å²) in [6, 6.07) is 11.7. The number of anilines is 1. The topological polar surface area (TPSA) is 85.3 Å². The van der Waals surface area contributed by atoms with Crippen molar-refractivity contribution in [1.29, 1.82) is 0 Å². The van der Waals surface area contributed by atoms with E-state index in [0.717, 1.165) is 0 Å². The van der Waals surface area contributed by atoms with Crippen LogP contribution in [0.5, 0.6) is 0 Å². The molecule has 0 aliphatic rings. The molecule has 0 radical (unpaired) electrons. The number of benzene rings is 2. The number of halogens is 2. The second-order valence-corrected chi connectivity index (χ2v) is 5.71. The summed E-state index contributed by atoms with van der Waals surface area (Å²) in [5, 5.41) is 19.5. The zero-order valence-electron chi connectivity index (χ0n) is 13.6. The summed E-state index contributed by atoms with van der Waals surface area (Å²) < 4.78 is 14.5. The van der Waals surface area contributed by atoms with E-state index < -0.39 is 4.92 Å². The summed E-state index contributed by atoms with van der Waals surface area (Å²) in [5.74, 6) is -0.350. The molecule has 132 valence electrons. The van der Waals surface area contributed by atoms with Crippen molar-refractivity contribution >= 4 is 29.2 Å². The largest absolute Gasteiger partial charge is 0.278 e. The van der Waals surface area contributed by atoms with Crippen LogP contribution < -0.4 is 5.43 Å². The number of non-ortho nitro benzene ring substituents is 1. The van der Waals surface area contributed by atoms with Crippen LogP contribution in [0.1, 0.15) is 11.3 Å². The number of nitrogens with zero attached hydrogens (tertiary/aromatic N) is 4. The van der Waals surface area contributed by atoms with E-state index in [9.17, 15) is 14.5 Å². The monoisotopic (exact) mass is 373 g/mol. The van der Waals surface area contributed by atoms with Gasteiger partial charge < -0.3 is 0 Å². The van der Waals surface area contributed by atoms with Gasteiger partial charge in [-0.15, -0.1) is 0 Å². The Balaban J connectivity index is 1.82. The van der Waals surface area contributed by atoms with Crippen molar-refractivity contribution in [1.82, 2.24) is 9.78 Å². The molecule has 0 bridgehead atoms. The number of nitro groups is 1. The number of nitro benzene ring substituents is 1. The first-order valence-corrected chi connectivity index (χ1v) is 7.88. The predicted molar refractivity (Wildman–Crippen MR) is 97.6 cm³/mol. The molecule has 0 saturated heterocycles. The number of aryl methyl sites for hydroxylation is 1. The molecule has 0 unspecified atom stereocenters. The molecule has 3 rings (SSSR count). The molecule has 26 heavy (non-hydrogen) atoms. The molecular weight excluding hydrogens is 361 g/mol. The van der Waals surface area contributed by atoms with Crippen LogP contribution in [-0.4, -0.2) is 20.9 Å². The van der Waals surface area contributed by atoms with Crippen molar-refractivity contribution in [3.8, 4) is 5.69 Å². The lowest BCUT2D eigenvalue weighted by Gasteiger charge is -2.02. The SMILES string of the molecule is Cc1nn(-c2ccc(F)cc2)c(Cl)c1/C=N/Nc1cccc([N+](=O)[O-])c1. The van der Waals surface area contributed by atoms with E-state index in [1.54, 1.807) is 31.2 Å². The van der Waals surface area contributed by atoms with Gasteiger partial charge in [0.1, 0.15) is 11.0 Å². The molecule has 0 spiro atoms. The highest BCUT2D eigenvalue weighted by molar-refractivity contribution is 6.32. The van der Waals surface area contributed by atoms with Gasteiger partial charge in [0.2, 0.25) is 0 Å². The number of nitrogens with one attached hydrogen (secondary N) is 1.